The first kappa shape index (κ1) is 22.0. The maximum atomic E-state index is 13.2. The third-order valence-electron chi connectivity index (χ3n) is 6.22. The molecule has 8 nitrogen and oxygen atoms in total. The molecule has 9 heteroatoms. The van der Waals surface area contributed by atoms with Crippen LogP contribution in [0.1, 0.15) is 29.9 Å². The van der Waals surface area contributed by atoms with E-state index in [-0.39, 0.29) is 16.7 Å². The van der Waals surface area contributed by atoms with Gasteiger partial charge in [-0.05, 0) is 38.8 Å². The zero-order valence-electron chi connectivity index (χ0n) is 18.2. The van der Waals surface area contributed by atoms with Crippen LogP contribution in [0.25, 0.3) is 0 Å². The quantitative estimate of drug-likeness (QED) is 0.699. The average molecular weight is 447 g/mol. The van der Waals surface area contributed by atoms with Gasteiger partial charge in [0, 0.05) is 39.3 Å². The van der Waals surface area contributed by atoms with E-state index in [2.05, 4.69) is 22.2 Å². The molecule has 1 aromatic heterocycles. The van der Waals surface area contributed by atoms with E-state index in [1.807, 2.05) is 23.1 Å². The fourth-order valence-corrected chi connectivity index (χ4v) is 6.33. The zero-order valence-corrected chi connectivity index (χ0v) is 19.0. The monoisotopic (exact) mass is 446 g/mol. The number of rotatable bonds is 5. The summed E-state index contributed by atoms with van der Waals surface area (Å²) in [5.41, 5.74) is 1.63. The van der Waals surface area contributed by atoms with Gasteiger partial charge in [0.1, 0.15) is 10.6 Å². The highest BCUT2D eigenvalue weighted by Gasteiger charge is 2.36. The lowest BCUT2D eigenvalue weighted by Crippen LogP contribution is -2.53. The number of amides is 1. The Bertz CT molecular complexity index is 994. The van der Waals surface area contributed by atoms with Crippen molar-refractivity contribution in [2.45, 2.75) is 38.1 Å². The molecule has 4 rings (SSSR count). The summed E-state index contributed by atoms with van der Waals surface area (Å²) in [5.74, 6) is 0.423. The first-order valence-corrected chi connectivity index (χ1v) is 12.3. The van der Waals surface area contributed by atoms with Gasteiger partial charge in [0.05, 0.1) is 5.92 Å². The van der Waals surface area contributed by atoms with Crippen molar-refractivity contribution in [2.24, 2.45) is 5.92 Å². The van der Waals surface area contributed by atoms with E-state index >= 15 is 0 Å². The second-order valence-electron chi connectivity index (χ2n) is 8.44. The van der Waals surface area contributed by atoms with E-state index in [0.717, 1.165) is 32.5 Å². The number of sulfonamides is 1. The van der Waals surface area contributed by atoms with Crippen molar-refractivity contribution < 1.29 is 17.7 Å². The topological polar surface area (TPSA) is 87.0 Å². The van der Waals surface area contributed by atoms with Gasteiger partial charge in [0.15, 0.2) is 5.76 Å². The van der Waals surface area contributed by atoms with Crippen LogP contribution in [0.3, 0.4) is 0 Å². The molecular weight excluding hydrogens is 416 g/mol. The van der Waals surface area contributed by atoms with Crippen molar-refractivity contribution in [2.75, 3.05) is 39.3 Å². The standard InChI is InChI=1S/C22H30N4O4S/c1-17-21(18(2)30-23-17)31(28,29)26-13-11-25(12-14-26)22(27)20-9-6-10-24(16-20)15-19-7-4-3-5-8-19/h3-5,7-8,20H,6,9-16H2,1-2H3. The molecule has 2 aliphatic heterocycles. The zero-order chi connectivity index (χ0) is 22.0. The highest BCUT2D eigenvalue weighted by Crippen LogP contribution is 2.26. The molecule has 2 fully saturated rings. The predicted octanol–water partition coefficient (Wildman–Crippen LogP) is 2.04. The van der Waals surface area contributed by atoms with Gasteiger partial charge in [-0.2, -0.15) is 4.31 Å². The molecule has 0 spiro atoms. The number of likely N-dealkylation sites (tertiary alicyclic amines) is 1. The molecule has 0 radical (unpaired) electrons. The van der Waals surface area contributed by atoms with Crippen molar-refractivity contribution >= 4 is 15.9 Å². The van der Waals surface area contributed by atoms with E-state index in [9.17, 15) is 13.2 Å². The Kier molecular flexibility index (Phi) is 6.45. The fourth-order valence-electron chi connectivity index (χ4n) is 4.62. The number of piperidine rings is 1. The Morgan fingerprint density at radius 2 is 1.81 bits per heavy atom. The molecule has 31 heavy (non-hydrogen) atoms. The van der Waals surface area contributed by atoms with Crippen molar-refractivity contribution in [3.63, 3.8) is 0 Å². The fraction of sp³-hybridized carbons (Fsp3) is 0.545. The van der Waals surface area contributed by atoms with Crippen molar-refractivity contribution in [3.8, 4) is 0 Å². The van der Waals surface area contributed by atoms with E-state index < -0.39 is 10.0 Å². The SMILES string of the molecule is Cc1noc(C)c1S(=O)(=O)N1CCN(C(=O)C2CCCN(Cc3ccccc3)C2)CC1. The second-order valence-corrected chi connectivity index (χ2v) is 10.3. The third kappa shape index (κ3) is 4.68. The summed E-state index contributed by atoms with van der Waals surface area (Å²) in [7, 11) is -3.67. The van der Waals surface area contributed by atoms with Gasteiger partial charge in [-0.25, -0.2) is 8.42 Å². The Hall–Kier alpha value is -2.23. The third-order valence-corrected chi connectivity index (χ3v) is 8.36. The largest absolute Gasteiger partial charge is 0.360 e. The normalized spacial score (nSPS) is 21.4. The number of hydrogen-bond acceptors (Lipinski definition) is 6. The van der Waals surface area contributed by atoms with Crippen LogP contribution in [0.5, 0.6) is 0 Å². The number of piperazine rings is 1. The maximum absolute atomic E-state index is 13.2. The van der Waals surface area contributed by atoms with Crippen LogP contribution in [0.15, 0.2) is 39.8 Å². The first-order chi connectivity index (χ1) is 14.9. The molecule has 0 N–H and O–H groups in total. The lowest BCUT2D eigenvalue weighted by atomic mass is 9.95. The van der Waals surface area contributed by atoms with Crippen LogP contribution in [-0.2, 0) is 21.4 Å². The van der Waals surface area contributed by atoms with Crippen LogP contribution in [0.2, 0.25) is 0 Å². The molecule has 168 valence electrons. The predicted molar refractivity (Wildman–Crippen MR) is 116 cm³/mol. The van der Waals surface area contributed by atoms with Gasteiger partial charge in [-0.3, -0.25) is 9.69 Å². The number of carbonyl (C=O) groups is 1. The van der Waals surface area contributed by atoms with Crippen LogP contribution in [0, 0.1) is 19.8 Å². The van der Waals surface area contributed by atoms with Crippen LogP contribution in [0.4, 0.5) is 0 Å². The molecule has 1 aromatic carbocycles. The summed E-state index contributed by atoms with van der Waals surface area (Å²) in [4.78, 5) is 17.5. The smallest absolute Gasteiger partial charge is 0.248 e. The molecular formula is C22H30N4O4S. The lowest BCUT2D eigenvalue weighted by Gasteiger charge is -2.38. The molecule has 2 aromatic rings. The first-order valence-electron chi connectivity index (χ1n) is 10.8. The number of aryl methyl sites for hydroxylation is 2. The number of aromatic nitrogens is 1. The Labute approximate surface area is 183 Å². The molecule has 0 aliphatic carbocycles. The Morgan fingerprint density at radius 3 is 2.45 bits per heavy atom. The minimum Gasteiger partial charge on any atom is -0.360 e. The minimum absolute atomic E-state index is 0.0248. The number of nitrogens with zero attached hydrogens (tertiary/aromatic N) is 4. The molecule has 2 aliphatic rings. The van der Waals surface area contributed by atoms with Crippen LogP contribution in [-0.4, -0.2) is 72.9 Å². The number of benzene rings is 1. The minimum atomic E-state index is -3.67. The van der Waals surface area contributed by atoms with E-state index in [4.69, 9.17) is 4.52 Å². The average Bonchev–Trinajstić information content (AvgIpc) is 3.13. The van der Waals surface area contributed by atoms with Gasteiger partial charge in [-0.15, -0.1) is 0 Å². The number of carbonyl (C=O) groups excluding carboxylic acids is 1. The second kappa shape index (κ2) is 9.10. The van der Waals surface area contributed by atoms with Crippen LogP contribution < -0.4 is 0 Å². The van der Waals surface area contributed by atoms with E-state index in [0.29, 0.717) is 37.6 Å². The summed E-state index contributed by atoms with van der Waals surface area (Å²) in [6, 6.07) is 10.3. The highest BCUT2D eigenvalue weighted by atomic mass is 32.2. The molecule has 0 bridgehead atoms. The van der Waals surface area contributed by atoms with E-state index in [1.165, 1.54) is 9.87 Å². The van der Waals surface area contributed by atoms with Crippen molar-refractivity contribution in [1.82, 2.24) is 19.3 Å². The van der Waals surface area contributed by atoms with Gasteiger partial charge in [0.2, 0.25) is 15.9 Å². The number of hydrogen-bond donors (Lipinski definition) is 0. The summed E-state index contributed by atoms with van der Waals surface area (Å²) in [5, 5.41) is 3.77. The van der Waals surface area contributed by atoms with Gasteiger partial charge >= 0.3 is 0 Å². The molecule has 1 unspecified atom stereocenters. The van der Waals surface area contributed by atoms with Gasteiger partial charge in [-0.1, -0.05) is 35.5 Å². The van der Waals surface area contributed by atoms with Crippen LogP contribution >= 0.6 is 0 Å². The lowest BCUT2D eigenvalue weighted by molar-refractivity contribution is -0.138. The molecule has 3 heterocycles. The van der Waals surface area contributed by atoms with Gasteiger partial charge < -0.3 is 9.42 Å². The van der Waals surface area contributed by atoms with Crippen molar-refractivity contribution in [3.05, 3.63) is 47.3 Å². The summed E-state index contributed by atoms with van der Waals surface area (Å²) < 4.78 is 32.5. The maximum Gasteiger partial charge on any atom is 0.248 e. The summed E-state index contributed by atoms with van der Waals surface area (Å²) in [6.45, 7) is 7.26. The molecule has 2 saturated heterocycles. The molecule has 1 atom stereocenters. The highest BCUT2D eigenvalue weighted by molar-refractivity contribution is 7.89. The molecule has 0 saturated carbocycles. The van der Waals surface area contributed by atoms with Crippen molar-refractivity contribution in [1.29, 1.82) is 0 Å². The molecule has 1 amide bonds. The van der Waals surface area contributed by atoms with Gasteiger partial charge in [0.25, 0.3) is 0 Å². The van der Waals surface area contributed by atoms with E-state index in [1.54, 1.807) is 13.8 Å². The Morgan fingerprint density at radius 1 is 1.10 bits per heavy atom. The Balaban J connectivity index is 1.35. The summed E-state index contributed by atoms with van der Waals surface area (Å²) >= 11 is 0. The summed E-state index contributed by atoms with van der Waals surface area (Å²) in [6.07, 6.45) is 1.89.